The van der Waals surface area contributed by atoms with E-state index in [0.29, 0.717) is 6.20 Å². The normalized spacial score (nSPS) is 10.4. The van der Waals surface area contributed by atoms with Gasteiger partial charge in [-0.25, -0.2) is 4.98 Å². The molecule has 0 saturated heterocycles. The zero-order valence-electron chi connectivity index (χ0n) is 8.25. The van der Waals surface area contributed by atoms with Crippen molar-refractivity contribution in [3.63, 3.8) is 0 Å². The van der Waals surface area contributed by atoms with Crippen molar-refractivity contribution in [2.75, 3.05) is 5.73 Å². The molecular formula is C9H5F3N4O. The Morgan fingerprint density at radius 3 is 2.53 bits per heavy atom. The molecule has 1 aromatic rings. The molecule has 8 heteroatoms. The number of nitrogens with zero attached hydrogens (tertiary/aromatic N) is 3. The van der Waals surface area contributed by atoms with Crippen LogP contribution in [0.2, 0.25) is 0 Å². The van der Waals surface area contributed by atoms with E-state index >= 15 is 0 Å². The first-order chi connectivity index (χ1) is 7.89. The fraction of sp³-hybridized carbons (Fsp3) is 0.222. The second-order valence-electron chi connectivity index (χ2n) is 2.86. The second-order valence-corrected chi connectivity index (χ2v) is 2.86. The van der Waals surface area contributed by atoms with Gasteiger partial charge >= 0.3 is 6.36 Å². The van der Waals surface area contributed by atoms with Crippen molar-refractivity contribution in [3.05, 3.63) is 17.3 Å². The molecule has 0 aliphatic carbocycles. The second kappa shape index (κ2) is 4.58. The van der Waals surface area contributed by atoms with E-state index in [1.165, 1.54) is 6.07 Å². The first kappa shape index (κ1) is 12.6. The predicted octanol–water partition coefficient (Wildman–Crippen LogP) is 1.50. The Labute approximate surface area is 93.8 Å². The minimum absolute atomic E-state index is 0.0725. The van der Waals surface area contributed by atoms with Gasteiger partial charge in [-0.05, 0) is 0 Å². The summed E-state index contributed by atoms with van der Waals surface area (Å²) in [5.74, 6) is -0.933. The van der Waals surface area contributed by atoms with E-state index in [9.17, 15) is 13.2 Å². The van der Waals surface area contributed by atoms with Crippen LogP contribution in [0.4, 0.5) is 19.0 Å². The van der Waals surface area contributed by atoms with E-state index in [4.69, 9.17) is 16.3 Å². The number of nitriles is 2. The lowest BCUT2D eigenvalue weighted by molar-refractivity contribution is -0.274. The molecule has 5 nitrogen and oxygen atoms in total. The fourth-order valence-corrected chi connectivity index (χ4v) is 1.13. The van der Waals surface area contributed by atoms with Crippen LogP contribution in [-0.4, -0.2) is 11.3 Å². The molecule has 0 spiro atoms. The summed E-state index contributed by atoms with van der Waals surface area (Å²) in [6.45, 7) is 0. The number of aromatic nitrogens is 1. The van der Waals surface area contributed by atoms with Gasteiger partial charge in [0.1, 0.15) is 17.5 Å². The Bertz CT molecular complexity index is 513. The molecule has 0 radical (unpaired) electrons. The van der Waals surface area contributed by atoms with Crippen molar-refractivity contribution in [2.45, 2.75) is 12.8 Å². The first-order valence-electron chi connectivity index (χ1n) is 4.19. The lowest BCUT2D eigenvalue weighted by Gasteiger charge is -2.12. The average molecular weight is 242 g/mol. The topological polar surface area (TPSA) is 95.7 Å². The summed E-state index contributed by atoms with van der Waals surface area (Å²) < 4.78 is 39.7. The number of ether oxygens (including phenoxy) is 1. The maximum atomic E-state index is 12.0. The molecule has 0 fully saturated rings. The molecule has 0 saturated carbocycles. The molecule has 88 valence electrons. The van der Waals surface area contributed by atoms with E-state index in [-0.39, 0.29) is 17.8 Å². The van der Waals surface area contributed by atoms with Gasteiger partial charge in [0.25, 0.3) is 0 Å². The summed E-state index contributed by atoms with van der Waals surface area (Å²) in [7, 11) is 0. The van der Waals surface area contributed by atoms with Crippen molar-refractivity contribution in [2.24, 2.45) is 0 Å². The minimum atomic E-state index is -4.94. The van der Waals surface area contributed by atoms with Gasteiger partial charge in [0.05, 0.1) is 18.7 Å². The largest absolute Gasteiger partial charge is 0.573 e. The van der Waals surface area contributed by atoms with Gasteiger partial charge in [-0.2, -0.15) is 10.5 Å². The van der Waals surface area contributed by atoms with Gasteiger partial charge in [-0.1, -0.05) is 0 Å². The number of nitrogens with two attached hydrogens (primary N) is 1. The predicted molar refractivity (Wildman–Crippen MR) is 49.4 cm³/mol. The molecule has 1 aromatic heterocycles. The van der Waals surface area contributed by atoms with E-state index in [0.717, 1.165) is 0 Å². The lowest BCUT2D eigenvalue weighted by Crippen LogP contribution is -2.19. The third-order valence-electron chi connectivity index (χ3n) is 1.77. The van der Waals surface area contributed by atoms with Gasteiger partial charge in [0.15, 0.2) is 5.75 Å². The quantitative estimate of drug-likeness (QED) is 0.847. The third kappa shape index (κ3) is 2.98. The monoisotopic (exact) mass is 242 g/mol. The van der Waals surface area contributed by atoms with Crippen LogP contribution >= 0.6 is 0 Å². The molecular weight excluding hydrogens is 237 g/mol. The van der Waals surface area contributed by atoms with Crippen molar-refractivity contribution in [3.8, 4) is 17.9 Å². The number of rotatable bonds is 2. The van der Waals surface area contributed by atoms with Crippen LogP contribution < -0.4 is 10.5 Å². The summed E-state index contributed by atoms with van der Waals surface area (Å²) in [6, 6.07) is 3.20. The van der Waals surface area contributed by atoms with Crippen LogP contribution in [0.5, 0.6) is 5.75 Å². The Balaban J connectivity index is 3.30. The molecule has 0 aliphatic heterocycles. The molecule has 0 amide bonds. The number of nitrogen functional groups attached to an aromatic ring is 1. The molecule has 2 N–H and O–H groups in total. The van der Waals surface area contributed by atoms with Crippen molar-refractivity contribution >= 4 is 5.82 Å². The van der Waals surface area contributed by atoms with Crippen LogP contribution in [-0.2, 0) is 6.42 Å². The SMILES string of the molecule is N#CCc1c(N)ncc(OC(F)(F)F)c1C#N. The number of hydrogen-bond donors (Lipinski definition) is 1. The highest BCUT2D eigenvalue weighted by Gasteiger charge is 2.33. The van der Waals surface area contributed by atoms with Gasteiger partial charge < -0.3 is 10.5 Å². The number of pyridine rings is 1. The van der Waals surface area contributed by atoms with Crippen LogP contribution in [0.25, 0.3) is 0 Å². The first-order valence-corrected chi connectivity index (χ1v) is 4.19. The van der Waals surface area contributed by atoms with Crippen LogP contribution in [0.3, 0.4) is 0 Å². The highest BCUT2D eigenvalue weighted by atomic mass is 19.4. The van der Waals surface area contributed by atoms with Crippen LogP contribution in [0.1, 0.15) is 11.1 Å². The Hall–Kier alpha value is -2.48. The van der Waals surface area contributed by atoms with E-state index < -0.39 is 17.7 Å². The molecule has 17 heavy (non-hydrogen) atoms. The zero-order chi connectivity index (χ0) is 13.1. The van der Waals surface area contributed by atoms with Gasteiger partial charge in [0.2, 0.25) is 0 Å². The van der Waals surface area contributed by atoms with E-state index in [1.54, 1.807) is 6.07 Å². The lowest BCUT2D eigenvalue weighted by atomic mass is 10.1. The molecule has 0 aliphatic rings. The highest BCUT2D eigenvalue weighted by Crippen LogP contribution is 2.29. The van der Waals surface area contributed by atoms with Crippen LogP contribution in [0.15, 0.2) is 6.20 Å². The Morgan fingerprint density at radius 2 is 2.06 bits per heavy atom. The molecule has 0 atom stereocenters. The van der Waals surface area contributed by atoms with Gasteiger partial charge in [-0.15, -0.1) is 13.2 Å². The molecule has 0 unspecified atom stereocenters. The summed E-state index contributed by atoms with van der Waals surface area (Å²) in [5, 5.41) is 17.2. The summed E-state index contributed by atoms with van der Waals surface area (Å²) in [4.78, 5) is 3.44. The summed E-state index contributed by atoms with van der Waals surface area (Å²) >= 11 is 0. The molecule has 0 bridgehead atoms. The third-order valence-corrected chi connectivity index (χ3v) is 1.77. The van der Waals surface area contributed by atoms with E-state index in [1.807, 2.05) is 0 Å². The number of anilines is 1. The number of halogens is 3. The molecule has 0 aromatic carbocycles. The maximum absolute atomic E-state index is 12.0. The van der Waals surface area contributed by atoms with Crippen LogP contribution in [0, 0.1) is 22.7 Å². The molecule has 1 heterocycles. The Kier molecular flexibility index (Phi) is 3.39. The maximum Gasteiger partial charge on any atom is 0.573 e. The summed E-state index contributed by atoms with van der Waals surface area (Å²) in [5.41, 5.74) is 4.86. The fourth-order valence-electron chi connectivity index (χ4n) is 1.13. The number of alkyl halides is 3. The number of hydrogen-bond acceptors (Lipinski definition) is 5. The van der Waals surface area contributed by atoms with Crippen molar-refractivity contribution < 1.29 is 17.9 Å². The van der Waals surface area contributed by atoms with E-state index in [2.05, 4.69) is 9.72 Å². The van der Waals surface area contributed by atoms with Gasteiger partial charge in [0, 0.05) is 5.56 Å². The highest BCUT2D eigenvalue weighted by molar-refractivity contribution is 5.57. The minimum Gasteiger partial charge on any atom is -0.403 e. The zero-order valence-corrected chi connectivity index (χ0v) is 8.25. The average Bonchev–Trinajstić information content (AvgIpc) is 2.21. The Morgan fingerprint density at radius 1 is 1.41 bits per heavy atom. The standard InChI is InChI=1S/C9H5F3N4O/c10-9(11,12)17-7-4-16-8(15)5(1-2-13)6(7)3-14/h4H,1H2,(H2,15,16). The summed E-state index contributed by atoms with van der Waals surface area (Å²) in [6.07, 6.45) is -4.56. The van der Waals surface area contributed by atoms with Crippen molar-refractivity contribution in [1.82, 2.24) is 4.98 Å². The van der Waals surface area contributed by atoms with Crippen molar-refractivity contribution in [1.29, 1.82) is 10.5 Å². The van der Waals surface area contributed by atoms with Gasteiger partial charge in [-0.3, -0.25) is 0 Å². The smallest absolute Gasteiger partial charge is 0.403 e. The molecule has 1 rings (SSSR count).